The molecule has 1 fully saturated rings. The molecular weight excluding hydrogens is 365 g/mol. The summed E-state index contributed by atoms with van der Waals surface area (Å²) < 4.78 is 1.33. The predicted octanol–water partition coefficient (Wildman–Crippen LogP) is 3.80. The number of halogens is 2. The third kappa shape index (κ3) is 5.05. The lowest BCUT2D eigenvalue weighted by Crippen LogP contribution is -2.47. The van der Waals surface area contributed by atoms with Crippen LogP contribution in [0, 0.1) is 0 Å². The van der Waals surface area contributed by atoms with Gasteiger partial charge in [0.2, 0.25) is 5.91 Å². The Labute approximate surface area is 147 Å². The molecule has 0 bridgehead atoms. The summed E-state index contributed by atoms with van der Waals surface area (Å²) in [6, 6.07) is 1.65. The van der Waals surface area contributed by atoms with E-state index >= 15 is 0 Å². The molecule has 1 aromatic heterocycles. The molecule has 2 rings (SSSR count). The Kier molecular flexibility index (Phi) is 6.87. The maximum Gasteiger partial charge on any atom is 0.305 e. The largest absolute Gasteiger partial charge is 0.481 e. The molecule has 0 spiro atoms. The van der Waals surface area contributed by atoms with Crippen molar-refractivity contribution in [2.24, 2.45) is 0 Å². The molecule has 122 valence electrons. The Morgan fingerprint density at radius 1 is 1.41 bits per heavy atom. The molecule has 1 unspecified atom stereocenters. The number of aliphatic carboxylic acids is 1. The minimum atomic E-state index is -0.856. The summed E-state index contributed by atoms with van der Waals surface area (Å²) in [5, 5.41) is 8.95. The molecule has 1 amide bonds. The fraction of sp³-hybridized carbons (Fsp3) is 0.571. The van der Waals surface area contributed by atoms with E-state index in [9.17, 15) is 9.59 Å². The first kappa shape index (κ1) is 17.9. The molecule has 0 radical (unpaired) electrons. The second kappa shape index (κ2) is 8.43. The maximum atomic E-state index is 12.3. The van der Waals surface area contributed by atoms with Gasteiger partial charge >= 0.3 is 5.97 Å². The number of nitrogens with zero attached hydrogens (tertiary/aromatic N) is 1. The van der Waals surface area contributed by atoms with E-state index in [1.54, 1.807) is 16.7 Å². The summed E-state index contributed by atoms with van der Waals surface area (Å²) in [5.41, 5.74) is 0.973. The summed E-state index contributed by atoms with van der Waals surface area (Å²) >= 11 is 15.0. The molecular formula is C14H17Cl2NO3S2. The van der Waals surface area contributed by atoms with E-state index in [0.29, 0.717) is 40.2 Å². The van der Waals surface area contributed by atoms with Crippen LogP contribution in [0.15, 0.2) is 6.07 Å². The summed E-state index contributed by atoms with van der Waals surface area (Å²) in [4.78, 5) is 25.0. The van der Waals surface area contributed by atoms with E-state index in [-0.39, 0.29) is 18.4 Å². The molecule has 1 aliphatic heterocycles. The SMILES string of the molecule is O=C(O)CC1CSCCN1C(=O)CCCc1cc(Cl)sc1Cl. The average Bonchev–Trinajstić information content (AvgIpc) is 2.77. The lowest BCUT2D eigenvalue weighted by atomic mass is 10.1. The number of aryl methyl sites for hydroxylation is 1. The monoisotopic (exact) mass is 381 g/mol. The van der Waals surface area contributed by atoms with Crippen molar-refractivity contribution in [2.45, 2.75) is 31.7 Å². The first-order chi connectivity index (χ1) is 10.5. The zero-order valence-corrected chi connectivity index (χ0v) is 15.0. The van der Waals surface area contributed by atoms with E-state index in [0.717, 1.165) is 11.3 Å². The molecule has 1 aliphatic rings. The second-order valence-electron chi connectivity index (χ2n) is 5.12. The third-order valence-electron chi connectivity index (χ3n) is 3.52. The number of carbonyl (C=O) groups excluding carboxylic acids is 1. The number of carboxylic acids is 1. The van der Waals surface area contributed by atoms with Gasteiger partial charge in [-0.3, -0.25) is 9.59 Å². The number of carboxylic acid groups (broad SMARTS) is 1. The van der Waals surface area contributed by atoms with Crippen LogP contribution in [-0.4, -0.2) is 46.0 Å². The van der Waals surface area contributed by atoms with Crippen molar-refractivity contribution in [1.82, 2.24) is 4.90 Å². The van der Waals surface area contributed by atoms with Crippen LogP contribution in [0.25, 0.3) is 0 Å². The summed E-state index contributed by atoms with van der Waals surface area (Å²) in [5.74, 6) is 0.742. The van der Waals surface area contributed by atoms with Gasteiger partial charge in [0, 0.05) is 24.5 Å². The molecule has 8 heteroatoms. The van der Waals surface area contributed by atoms with E-state index in [1.165, 1.54) is 11.3 Å². The lowest BCUT2D eigenvalue weighted by Gasteiger charge is -2.34. The van der Waals surface area contributed by atoms with E-state index < -0.39 is 5.97 Å². The van der Waals surface area contributed by atoms with E-state index in [2.05, 4.69) is 0 Å². The first-order valence-corrected chi connectivity index (χ1v) is 9.73. The Bertz CT molecular complexity index is 550. The van der Waals surface area contributed by atoms with Gasteiger partial charge in [0.1, 0.15) is 0 Å². The van der Waals surface area contributed by atoms with Gasteiger partial charge in [0.15, 0.2) is 0 Å². The summed E-state index contributed by atoms with van der Waals surface area (Å²) in [6.07, 6.45) is 1.82. The van der Waals surface area contributed by atoms with Crippen molar-refractivity contribution in [3.63, 3.8) is 0 Å². The number of hydrogen-bond donors (Lipinski definition) is 1. The number of hydrogen-bond acceptors (Lipinski definition) is 4. The molecule has 2 heterocycles. The summed E-state index contributed by atoms with van der Waals surface area (Å²) in [7, 11) is 0. The fourth-order valence-corrected chi connectivity index (χ4v) is 5.08. The minimum absolute atomic E-state index is 0.0186. The van der Waals surface area contributed by atoms with Crippen molar-refractivity contribution in [3.8, 4) is 0 Å². The first-order valence-electron chi connectivity index (χ1n) is 7.00. The maximum absolute atomic E-state index is 12.3. The molecule has 1 aromatic rings. The van der Waals surface area contributed by atoms with Gasteiger partial charge in [-0.2, -0.15) is 11.8 Å². The van der Waals surface area contributed by atoms with Crippen LogP contribution in [0.2, 0.25) is 8.67 Å². The zero-order valence-electron chi connectivity index (χ0n) is 11.9. The molecule has 0 aliphatic carbocycles. The van der Waals surface area contributed by atoms with E-state index in [1.807, 2.05) is 6.07 Å². The van der Waals surface area contributed by atoms with Gasteiger partial charge < -0.3 is 10.0 Å². The number of amides is 1. The van der Waals surface area contributed by atoms with Crippen LogP contribution in [-0.2, 0) is 16.0 Å². The molecule has 22 heavy (non-hydrogen) atoms. The van der Waals surface area contributed by atoms with Crippen LogP contribution in [0.3, 0.4) is 0 Å². The predicted molar refractivity (Wildman–Crippen MR) is 92.4 cm³/mol. The Hall–Kier alpha value is -0.430. The smallest absolute Gasteiger partial charge is 0.305 e. The van der Waals surface area contributed by atoms with Gasteiger partial charge in [0.05, 0.1) is 21.1 Å². The van der Waals surface area contributed by atoms with Crippen molar-refractivity contribution in [3.05, 3.63) is 20.3 Å². The highest BCUT2D eigenvalue weighted by molar-refractivity contribution is 7.99. The molecule has 0 aromatic carbocycles. The molecule has 1 atom stereocenters. The van der Waals surface area contributed by atoms with Gasteiger partial charge in [-0.05, 0) is 24.5 Å². The standard InChI is InChI=1S/C14H17Cl2NO3S2/c15-11-6-9(14(16)22-11)2-1-3-12(18)17-4-5-21-8-10(17)7-13(19)20/h6,10H,1-5,7-8H2,(H,19,20). The Morgan fingerprint density at radius 3 is 2.82 bits per heavy atom. The highest BCUT2D eigenvalue weighted by Gasteiger charge is 2.28. The second-order valence-corrected chi connectivity index (χ2v) is 8.55. The lowest BCUT2D eigenvalue weighted by molar-refractivity contribution is -0.140. The van der Waals surface area contributed by atoms with Crippen molar-refractivity contribution >= 4 is 58.2 Å². The van der Waals surface area contributed by atoms with Crippen LogP contribution in [0.1, 0.15) is 24.8 Å². The molecule has 0 saturated carbocycles. The number of rotatable bonds is 6. The number of thiophene rings is 1. The Morgan fingerprint density at radius 2 is 2.18 bits per heavy atom. The molecule has 1 saturated heterocycles. The fourth-order valence-electron chi connectivity index (χ4n) is 2.47. The third-order valence-corrected chi connectivity index (χ3v) is 6.18. The van der Waals surface area contributed by atoms with Crippen molar-refractivity contribution in [1.29, 1.82) is 0 Å². The quantitative estimate of drug-likeness (QED) is 0.813. The molecule has 4 nitrogen and oxygen atoms in total. The molecule has 1 N–H and O–H groups in total. The summed E-state index contributed by atoms with van der Waals surface area (Å²) in [6.45, 7) is 0.631. The average molecular weight is 382 g/mol. The van der Waals surface area contributed by atoms with Gasteiger partial charge in [-0.25, -0.2) is 0 Å². The topological polar surface area (TPSA) is 57.6 Å². The van der Waals surface area contributed by atoms with Gasteiger partial charge in [0.25, 0.3) is 0 Å². The van der Waals surface area contributed by atoms with Crippen molar-refractivity contribution < 1.29 is 14.7 Å². The van der Waals surface area contributed by atoms with E-state index in [4.69, 9.17) is 28.3 Å². The van der Waals surface area contributed by atoms with Crippen molar-refractivity contribution in [2.75, 3.05) is 18.1 Å². The van der Waals surface area contributed by atoms with Crippen LogP contribution in [0.5, 0.6) is 0 Å². The number of carbonyl (C=O) groups is 2. The highest BCUT2D eigenvalue weighted by atomic mass is 35.5. The van der Waals surface area contributed by atoms with Crippen LogP contribution >= 0.6 is 46.3 Å². The normalized spacial score (nSPS) is 18.5. The van der Waals surface area contributed by atoms with Gasteiger partial charge in [-0.15, -0.1) is 11.3 Å². The zero-order chi connectivity index (χ0) is 16.1. The highest BCUT2D eigenvalue weighted by Crippen LogP contribution is 2.32. The van der Waals surface area contributed by atoms with Crippen LogP contribution < -0.4 is 0 Å². The van der Waals surface area contributed by atoms with Crippen LogP contribution in [0.4, 0.5) is 0 Å². The minimum Gasteiger partial charge on any atom is -0.481 e. The Balaban J connectivity index is 1.84. The van der Waals surface area contributed by atoms with Gasteiger partial charge in [-0.1, -0.05) is 23.2 Å². The number of thioether (sulfide) groups is 1.